The number of guanidine groups is 1. The van der Waals surface area contributed by atoms with Crippen molar-refractivity contribution < 1.29 is 4.74 Å². The monoisotopic (exact) mass is 467 g/mol. The number of morpholine rings is 1. The minimum atomic E-state index is 0. The van der Waals surface area contributed by atoms with Crippen LogP contribution in [-0.4, -0.2) is 62.3 Å². The normalized spacial score (nSPS) is 15.9. The number of ether oxygens (including phenoxy) is 1. The molecule has 0 amide bonds. The average Bonchev–Trinajstić information content (AvgIpc) is 2.88. The molecule has 1 aromatic rings. The molecule has 8 heteroatoms. The molecule has 0 saturated carbocycles. The van der Waals surface area contributed by atoms with E-state index in [2.05, 4.69) is 32.4 Å². The van der Waals surface area contributed by atoms with Crippen molar-refractivity contribution in [1.82, 2.24) is 20.5 Å². The number of nitrogens with zero attached hydrogens (tertiary/aromatic N) is 3. The first-order valence-electron chi connectivity index (χ1n) is 8.36. The van der Waals surface area contributed by atoms with Crippen molar-refractivity contribution in [3.05, 3.63) is 15.6 Å². The maximum absolute atomic E-state index is 5.36. The molecule has 1 fully saturated rings. The van der Waals surface area contributed by atoms with Crippen LogP contribution in [0.3, 0.4) is 0 Å². The van der Waals surface area contributed by atoms with Crippen LogP contribution in [0.15, 0.2) is 4.99 Å². The maximum atomic E-state index is 5.36. The minimum Gasteiger partial charge on any atom is -0.379 e. The van der Waals surface area contributed by atoms with E-state index in [4.69, 9.17) is 4.74 Å². The second-order valence-corrected chi connectivity index (χ2v) is 7.04. The number of aliphatic imine (C=N–C) groups is 1. The van der Waals surface area contributed by atoms with E-state index in [0.717, 1.165) is 69.0 Å². The Balaban J connectivity index is 0.00000288. The van der Waals surface area contributed by atoms with E-state index in [9.17, 15) is 0 Å². The summed E-state index contributed by atoms with van der Waals surface area (Å²) < 4.78 is 5.36. The van der Waals surface area contributed by atoms with Gasteiger partial charge in [0.15, 0.2) is 5.96 Å². The molecule has 0 aliphatic carbocycles. The van der Waals surface area contributed by atoms with Gasteiger partial charge >= 0.3 is 0 Å². The zero-order valence-electron chi connectivity index (χ0n) is 14.9. The van der Waals surface area contributed by atoms with Gasteiger partial charge in [-0.05, 0) is 33.2 Å². The molecule has 138 valence electrons. The van der Waals surface area contributed by atoms with Crippen LogP contribution in [0.25, 0.3) is 0 Å². The summed E-state index contributed by atoms with van der Waals surface area (Å²) in [7, 11) is 1.81. The van der Waals surface area contributed by atoms with Gasteiger partial charge in [0.25, 0.3) is 0 Å². The molecule has 1 aromatic heterocycles. The predicted molar refractivity (Wildman–Crippen MR) is 112 cm³/mol. The highest BCUT2D eigenvalue weighted by atomic mass is 127. The van der Waals surface area contributed by atoms with Gasteiger partial charge in [-0.3, -0.25) is 9.89 Å². The van der Waals surface area contributed by atoms with Crippen LogP contribution < -0.4 is 10.6 Å². The topological polar surface area (TPSA) is 61.8 Å². The van der Waals surface area contributed by atoms with Crippen molar-refractivity contribution in [1.29, 1.82) is 0 Å². The summed E-state index contributed by atoms with van der Waals surface area (Å²) in [4.78, 5) is 12.5. The number of nitrogens with one attached hydrogen (secondary N) is 2. The van der Waals surface area contributed by atoms with Gasteiger partial charge in [0, 0.05) is 31.6 Å². The molecule has 0 bridgehead atoms. The number of hydrogen-bond acceptors (Lipinski definition) is 5. The number of hydrogen-bond donors (Lipinski definition) is 2. The lowest BCUT2D eigenvalue weighted by molar-refractivity contribution is 0.0372. The van der Waals surface area contributed by atoms with Crippen LogP contribution in [0.1, 0.15) is 28.4 Å². The Kier molecular flexibility index (Phi) is 10.8. The molecular weight excluding hydrogens is 437 g/mol. The second kappa shape index (κ2) is 12.0. The van der Waals surface area contributed by atoms with Crippen molar-refractivity contribution >= 4 is 41.3 Å². The van der Waals surface area contributed by atoms with Crippen LogP contribution in [0, 0.1) is 13.8 Å². The fourth-order valence-corrected chi connectivity index (χ4v) is 3.49. The van der Waals surface area contributed by atoms with E-state index in [1.54, 1.807) is 11.3 Å². The van der Waals surface area contributed by atoms with Crippen molar-refractivity contribution in [3.63, 3.8) is 0 Å². The van der Waals surface area contributed by atoms with Gasteiger partial charge in [-0.25, -0.2) is 4.98 Å². The second-order valence-electron chi connectivity index (χ2n) is 5.76. The first-order valence-corrected chi connectivity index (χ1v) is 9.18. The van der Waals surface area contributed by atoms with E-state index in [0.29, 0.717) is 0 Å². The highest BCUT2D eigenvalue weighted by molar-refractivity contribution is 14.0. The number of rotatable bonds is 7. The van der Waals surface area contributed by atoms with Crippen molar-refractivity contribution in [2.24, 2.45) is 4.99 Å². The summed E-state index contributed by atoms with van der Waals surface area (Å²) in [6, 6.07) is 0. The summed E-state index contributed by atoms with van der Waals surface area (Å²) in [5.74, 6) is 0.863. The summed E-state index contributed by atoms with van der Waals surface area (Å²) >= 11 is 1.74. The van der Waals surface area contributed by atoms with Gasteiger partial charge in [-0.15, -0.1) is 35.3 Å². The van der Waals surface area contributed by atoms with Gasteiger partial charge in [0.2, 0.25) is 0 Å². The van der Waals surface area contributed by atoms with E-state index in [1.807, 2.05) is 14.0 Å². The summed E-state index contributed by atoms with van der Waals surface area (Å²) in [5, 5.41) is 7.86. The van der Waals surface area contributed by atoms with Crippen LogP contribution in [0.5, 0.6) is 0 Å². The third kappa shape index (κ3) is 7.62. The number of aryl methyl sites for hydroxylation is 2. The molecule has 0 aromatic carbocycles. The molecule has 1 saturated heterocycles. The number of halogens is 1. The lowest BCUT2D eigenvalue weighted by Crippen LogP contribution is -2.38. The largest absolute Gasteiger partial charge is 0.379 e. The number of unbranched alkanes of at least 4 members (excludes halogenated alkanes) is 1. The maximum Gasteiger partial charge on any atom is 0.191 e. The smallest absolute Gasteiger partial charge is 0.191 e. The molecule has 1 aliphatic heterocycles. The van der Waals surface area contributed by atoms with E-state index >= 15 is 0 Å². The molecule has 2 rings (SSSR count). The Hall–Kier alpha value is -0.450. The first kappa shape index (κ1) is 21.6. The Morgan fingerprint density at radius 1 is 1.25 bits per heavy atom. The van der Waals surface area contributed by atoms with Crippen molar-refractivity contribution in [3.8, 4) is 0 Å². The summed E-state index contributed by atoms with van der Waals surface area (Å²) in [6.07, 6.45) is 2.36. The quantitative estimate of drug-likeness (QED) is 0.279. The third-order valence-corrected chi connectivity index (χ3v) is 5.01. The Morgan fingerprint density at radius 2 is 2.00 bits per heavy atom. The standard InChI is InChI=1S/C16H29N5OS.HI/c1-13-15(23-14(2)20-13)12-19-16(17-3)18-6-4-5-7-21-8-10-22-11-9-21;/h4-12H2,1-3H3,(H2,17,18,19);1H. The molecule has 0 radical (unpaired) electrons. The van der Waals surface area contributed by atoms with E-state index in [1.165, 1.54) is 11.3 Å². The molecule has 0 spiro atoms. The number of aromatic nitrogens is 1. The summed E-state index contributed by atoms with van der Waals surface area (Å²) in [6.45, 7) is 10.9. The van der Waals surface area contributed by atoms with Crippen LogP contribution in [0.4, 0.5) is 0 Å². The van der Waals surface area contributed by atoms with Crippen LogP contribution in [-0.2, 0) is 11.3 Å². The van der Waals surface area contributed by atoms with Gasteiger partial charge in [-0.1, -0.05) is 0 Å². The first-order chi connectivity index (χ1) is 11.2. The van der Waals surface area contributed by atoms with Crippen molar-refractivity contribution in [2.45, 2.75) is 33.2 Å². The lowest BCUT2D eigenvalue weighted by atomic mass is 10.3. The van der Waals surface area contributed by atoms with Gasteiger partial charge in [0.05, 0.1) is 30.5 Å². The third-order valence-electron chi connectivity index (χ3n) is 3.94. The van der Waals surface area contributed by atoms with E-state index < -0.39 is 0 Å². The lowest BCUT2D eigenvalue weighted by Gasteiger charge is -2.26. The Bertz CT molecular complexity index is 503. The Labute approximate surface area is 166 Å². The summed E-state index contributed by atoms with van der Waals surface area (Å²) in [5.41, 5.74) is 1.11. The number of thiazole rings is 1. The molecule has 6 nitrogen and oxygen atoms in total. The van der Waals surface area contributed by atoms with Crippen LogP contribution in [0.2, 0.25) is 0 Å². The highest BCUT2D eigenvalue weighted by Crippen LogP contribution is 2.16. The fraction of sp³-hybridized carbons (Fsp3) is 0.750. The SMILES string of the molecule is CN=C(NCCCCN1CCOCC1)NCc1sc(C)nc1C.I. The zero-order valence-corrected chi connectivity index (χ0v) is 18.1. The molecule has 2 heterocycles. The van der Waals surface area contributed by atoms with Gasteiger partial charge in [-0.2, -0.15) is 0 Å². The molecule has 0 unspecified atom stereocenters. The van der Waals surface area contributed by atoms with Crippen molar-refractivity contribution in [2.75, 3.05) is 46.4 Å². The van der Waals surface area contributed by atoms with Crippen LogP contribution >= 0.6 is 35.3 Å². The zero-order chi connectivity index (χ0) is 16.5. The van der Waals surface area contributed by atoms with E-state index in [-0.39, 0.29) is 24.0 Å². The molecule has 24 heavy (non-hydrogen) atoms. The molecule has 1 aliphatic rings. The molecule has 2 N–H and O–H groups in total. The fourth-order valence-electron chi connectivity index (χ4n) is 2.61. The minimum absolute atomic E-state index is 0. The van der Waals surface area contributed by atoms with Gasteiger partial charge < -0.3 is 15.4 Å². The predicted octanol–water partition coefficient (Wildman–Crippen LogP) is 2.16. The Morgan fingerprint density at radius 3 is 2.62 bits per heavy atom. The molecular formula is C16H30IN5OS. The average molecular weight is 467 g/mol. The highest BCUT2D eigenvalue weighted by Gasteiger charge is 2.09. The molecule has 0 atom stereocenters. The van der Waals surface area contributed by atoms with Gasteiger partial charge in [0.1, 0.15) is 0 Å².